The highest BCUT2D eigenvalue weighted by molar-refractivity contribution is 7.89. The Hall–Kier alpha value is -2.58. The molecule has 1 aliphatic rings. The van der Waals surface area contributed by atoms with Crippen molar-refractivity contribution in [2.24, 2.45) is 0 Å². The van der Waals surface area contributed by atoms with Crippen LogP contribution in [0.1, 0.15) is 29.6 Å². The molecule has 0 spiro atoms. The van der Waals surface area contributed by atoms with Crippen LogP contribution in [0.2, 0.25) is 0 Å². The number of sulfonamides is 1. The van der Waals surface area contributed by atoms with Crippen LogP contribution in [-0.4, -0.2) is 52.9 Å². The topological polar surface area (TPSA) is 78.9 Å². The zero-order valence-electron chi connectivity index (χ0n) is 17.0. The van der Waals surface area contributed by atoms with Crippen molar-refractivity contribution < 1.29 is 17.9 Å². The Balaban J connectivity index is 2.01. The van der Waals surface area contributed by atoms with Crippen molar-refractivity contribution >= 4 is 27.3 Å². The molecule has 156 valence electrons. The van der Waals surface area contributed by atoms with Gasteiger partial charge in [0.1, 0.15) is 5.75 Å². The summed E-state index contributed by atoms with van der Waals surface area (Å²) in [5.41, 5.74) is 1.68. The molecule has 1 N–H and O–H groups in total. The lowest BCUT2D eigenvalue weighted by Gasteiger charge is -2.30. The summed E-state index contributed by atoms with van der Waals surface area (Å²) in [7, 11) is 0.864. The number of hydrogen-bond donors (Lipinski definition) is 1. The fraction of sp³-hybridized carbons (Fsp3) is 0.381. The Kier molecular flexibility index (Phi) is 6.44. The van der Waals surface area contributed by atoms with E-state index < -0.39 is 10.0 Å². The molecule has 0 atom stereocenters. The number of carbonyl (C=O) groups excluding carboxylic acids is 1. The van der Waals surface area contributed by atoms with Crippen molar-refractivity contribution in [1.82, 2.24) is 4.31 Å². The van der Waals surface area contributed by atoms with Crippen molar-refractivity contribution in [3.05, 3.63) is 48.0 Å². The Bertz CT molecular complexity index is 983. The number of amides is 1. The Morgan fingerprint density at radius 3 is 2.45 bits per heavy atom. The molecular weight excluding hydrogens is 390 g/mol. The first-order valence-electron chi connectivity index (χ1n) is 9.60. The first kappa shape index (κ1) is 21.1. The fourth-order valence-corrected chi connectivity index (χ4v) is 4.31. The summed E-state index contributed by atoms with van der Waals surface area (Å²) in [4.78, 5) is 15.4. The molecule has 0 radical (unpaired) electrons. The SMILES string of the molecule is COc1cccc(NC(=O)c2cc(S(=O)(=O)N(C)C)ccc2N2CCCCC2)c1. The smallest absolute Gasteiger partial charge is 0.257 e. The van der Waals surface area contributed by atoms with Crippen molar-refractivity contribution in [2.45, 2.75) is 24.2 Å². The zero-order chi connectivity index (χ0) is 21.0. The van der Waals surface area contributed by atoms with Gasteiger partial charge in [-0.25, -0.2) is 12.7 Å². The van der Waals surface area contributed by atoms with Gasteiger partial charge in [0.2, 0.25) is 10.0 Å². The van der Waals surface area contributed by atoms with Gasteiger partial charge in [-0.1, -0.05) is 6.07 Å². The van der Waals surface area contributed by atoms with Gasteiger partial charge in [-0.05, 0) is 49.6 Å². The molecule has 0 aromatic heterocycles. The number of rotatable bonds is 6. The molecule has 29 heavy (non-hydrogen) atoms. The molecule has 1 fully saturated rings. The van der Waals surface area contributed by atoms with Gasteiger partial charge in [-0.3, -0.25) is 4.79 Å². The second-order valence-electron chi connectivity index (χ2n) is 7.20. The number of benzene rings is 2. The van der Waals surface area contributed by atoms with E-state index in [0.29, 0.717) is 17.0 Å². The van der Waals surface area contributed by atoms with E-state index in [4.69, 9.17) is 4.74 Å². The second kappa shape index (κ2) is 8.84. The quantitative estimate of drug-likeness (QED) is 0.781. The Morgan fingerprint density at radius 1 is 1.07 bits per heavy atom. The summed E-state index contributed by atoms with van der Waals surface area (Å²) in [6.45, 7) is 1.69. The summed E-state index contributed by atoms with van der Waals surface area (Å²) in [5, 5.41) is 2.87. The van der Waals surface area contributed by atoms with Crippen LogP contribution in [0.3, 0.4) is 0 Å². The van der Waals surface area contributed by atoms with Crippen LogP contribution in [0, 0.1) is 0 Å². The number of carbonyl (C=O) groups is 1. The lowest BCUT2D eigenvalue weighted by atomic mass is 10.1. The maximum absolute atomic E-state index is 13.1. The lowest BCUT2D eigenvalue weighted by molar-refractivity contribution is 0.102. The summed E-state index contributed by atoms with van der Waals surface area (Å²) in [6.07, 6.45) is 3.26. The van der Waals surface area contributed by atoms with Crippen LogP contribution in [0.15, 0.2) is 47.4 Å². The molecule has 1 amide bonds. The zero-order valence-corrected chi connectivity index (χ0v) is 17.8. The predicted octanol–water partition coefficient (Wildman–Crippen LogP) is 3.19. The molecule has 1 heterocycles. The standard InChI is InChI=1S/C21H27N3O4S/c1-23(2)29(26,27)18-10-11-20(24-12-5-4-6-13-24)19(15-18)21(25)22-16-8-7-9-17(14-16)28-3/h7-11,14-15H,4-6,12-13H2,1-3H3,(H,22,25). The number of anilines is 2. The van der Waals surface area contributed by atoms with E-state index in [0.717, 1.165) is 42.3 Å². The highest BCUT2D eigenvalue weighted by atomic mass is 32.2. The molecule has 0 aliphatic carbocycles. The summed E-state index contributed by atoms with van der Waals surface area (Å²) in [6, 6.07) is 11.8. The van der Waals surface area contributed by atoms with Gasteiger partial charge in [-0.15, -0.1) is 0 Å². The van der Waals surface area contributed by atoms with Crippen LogP contribution in [0.5, 0.6) is 5.75 Å². The number of hydrogen-bond acceptors (Lipinski definition) is 5. The maximum atomic E-state index is 13.1. The monoisotopic (exact) mass is 417 g/mol. The predicted molar refractivity (Wildman–Crippen MR) is 114 cm³/mol. The van der Waals surface area contributed by atoms with Gasteiger partial charge in [0, 0.05) is 44.6 Å². The first-order valence-corrected chi connectivity index (χ1v) is 11.0. The van der Waals surface area contributed by atoms with Crippen LogP contribution < -0.4 is 15.0 Å². The minimum atomic E-state index is -3.65. The van der Waals surface area contributed by atoms with Gasteiger partial charge in [0.05, 0.1) is 17.6 Å². The molecule has 1 aliphatic heterocycles. The van der Waals surface area contributed by atoms with Gasteiger partial charge in [0.15, 0.2) is 0 Å². The van der Waals surface area contributed by atoms with E-state index in [1.807, 2.05) is 0 Å². The third-order valence-electron chi connectivity index (χ3n) is 5.02. The van der Waals surface area contributed by atoms with Gasteiger partial charge in [0.25, 0.3) is 5.91 Å². The van der Waals surface area contributed by atoms with E-state index >= 15 is 0 Å². The minimum Gasteiger partial charge on any atom is -0.497 e. The van der Waals surface area contributed by atoms with E-state index in [-0.39, 0.29) is 10.8 Å². The largest absolute Gasteiger partial charge is 0.497 e. The number of methoxy groups -OCH3 is 1. The highest BCUT2D eigenvalue weighted by Crippen LogP contribution is 2.29. The molecule has 0 unspecified atom stereocenters. The molecule has 0 saturated carbocycles. The Labute approximate surface area is 172 Å². The molecule has 8 heteroatoms. The van der Waals surface area contributed by atoms with Crippen molar-refractivity contribution in [3.63, 3.8) is 0 Å². The lowest BCUT2D eigenvalue weighted by Crippen LogP contribution is -2.32. The van der Waals surface area contributed by atoms with Crippen LogP contribution >= 0.6 is 0 Å². The van der Waals surface area contributed by atoms with Crippen molar-refractivity contribution in [3.8, 4) is 5.75 Å². The molecular formula is C21H27N3O4S. The minimum absolute atomic E-state index is 0.0963. The third kappa shape index (κ3) is 4.71. The summed E-state index contributed by atoms with van der Waals surface area (Å²) >= 11 is 0. The summed E-state index contributed by atoms with van der Waals surface area (Å²) in [5.74, 6) is 0.276. The summed E-state index contributed by atoms with van der Waals surface area (Å²) < 4.78 is 31.6. The molecule has 0 bridgehead atoms. The van der Waals surface area contributed by atoms with Crippen molar-refractivity contribution in [2.75, 3.05) is 44.5 Å². The molecule has 2 aromatic rings. The van der Waals surface area contributed by atoms with Gasteiger partial charge in [-0.2, -0.15) is 0 Å². The van der Waals surface area contributed by atoms with Gasteiger partial charge < -0.3 is 15.0 Å². The maximum Gasteiger partial charge on any atom is 0.257 e. The number of ether oxygens (including phenoxy) is 1. The average molecular weight is 418 g/mol. The Morgan fingerprint density at radius 2 is 1.79 bits per heavy atom. The van der Waals surface area contributed by atoms with E-state index in [1.54, 1.807) is 43.5 Å². The number of piperidine rings is 1. The van der Waals surface area contributed by atoms with E-state index in [2.05, 4.69) is 10.2 Å². The first-order chi connectivity index (χ1) is 13.8. The fourth-order valence-electron chi connectivity index (χ4n) is 3.38. The highest BCUT2D eigenvalue weighted by Gasteiger charge is 2.24. The molecule has 1 saturated heterocycles. The second-order valence-corrected chi connectivity index (χ2v) is 9.35. The van der Waals surface area contributed by atoms with Crippen LogP contribution in [-0.2, 0) is 10.0 Å². The third-order valence-corrected chi connectivity index (χ3v) is 6.83. The van der Waals surface area contributed by atoms with Crippen molar-refractivity contribution in [1.29, 1.82) is 0 Å². The molecule has 2 aromatic carbocycles. The number of nitrogens with zero attached hydrogens (tertiary/aromatic N) is 2. The average Bonchev–Trinajstić information content (AvgIpc) is 2.74. The van der Waals surface area contributed by atoms with Crippen LogP contribution in [0.4, 0.5) is 11.4 Å². The van der Waals surface area contributed by atoms with Gasteiger partial charge >= 0.3 is 0 Å². The van der Waals surface area contributed by atoms with E-state index in [9.17, 15) is 13.2 Å². The van der Waals surface area contributed by atoms with Crippen LogP contribution in [0.25, 0.3) is 0 Å². The molecule has 7 nitrogen and oxygen atoms in total. The normalized spacial score (nSPS) is 14.7. The number of nitrogens with one attached hydrogen (secondary N) is 1. The van der Waals surface area contributed by atoms with E-state index in [1.165, 1.54) is 20.2 Å². The molecule has 3 rings (SSSR count).